The minimum Gasteiger partial charge on any atom is -0.311 e. The van der Waals surface area contributed by atoms with Crippen LogP contribution in [0, 0.1) is 75.9 Å². The van der Waals surface area contributed by atoms with Crippen molar-refractivity contribution in [3.05, 3.63) is 0 Å². The Kier molecular flexibility index (Phi) is 10.9. The highest BCUT2D eigenvalue weighted by molar-refractivity contribution is 5.11. The molecule has 0 aromatic carbocycles. The van der Waals surface area contributed by atoms with Crippen LogP contribution in [0.1, 0.15) is 200 Å². The summed E-state index contributed by atoms with van der Waals surface area (Å²) in [5, 5.41) is 18.0. The summed E-state index contributed by atoms with van der Waals surface area (Å²) in [5.74, 6) is 10.4. The van der Waals surface area contributed by atoms with Crippen molar-refractivity contribution in [1.82, 2.24) is 21.3 Å². The first kappa shape index (κ1) is 37.1. The molecule has 0 radical (unpaired) electrons. The highest BCUT2D eigenvalue weighted by Crippen LogP contribution is 2.67. The summed E-state index contributed by atoms with van der Waals surface area (Å²) in [5.41, 5.74) is 1.22. The lowest BCUT2D eigenvalue weighted by Gasteiger charge is -2.57. The van der Waals surface area contributed by atoms with Crippen molar-refractivity contribution in [2.45, 2.75) is 231 Å². The topological polar surface area (TPSA) is 48.1 Å². The Morgan fingerprint density at radius 1 is 0.434 bits per heavy atom. The minimum atomic E-state index is 0.458. The van der Waals surface area contributed by atoms with Gasteiger partial charge < -0.3 is 5.32 Å². The number of rotatable bonds is 5. The van der Waals surface area contributed by atoms with E-state index in [4.69, 9.17) is 5.32 Å². The molecule has 9 aliphatic carbocycles. The Morgan fingerprint density at radius 3 is 1.96 bits per heavy atom. The van der Waals surface area contributed by atoms with Gasteiger partial charge in [-0.05, 0) is 166 Å². The Balaban J connectivity index is 0.921. The molecule has 10 aliphatic rings. The van der Waals surface area contributed by atoms with E-state index in [0.717, 1.165) is 65.2 Å². The van der Waals surface area contributed by atoms with E-state index >= 15 is 0 Å². The van der Waals surface area contributed by atoms with Crippen LogP contribution < -0.4 is 21.3 Å². The van der Waals surface area contributed by atoms with Gasteiger partial charge in [-0.15, -0.1) is 0 Å². The molecule has 4 nitrogen and oxygen atoms in total. The second-order valence-corrected chi connectivity index (χ2v) is 22.8. The Morgan fingerprint density at radius 2 is 1.08 bits per heavy atom. The molecule has 9 saturated carbocycles. The van der Waals surface area contributed by atoms with Gasteiger partial charge in [-0.25, -0.2) is 0 Å². The fourth-order valence-electron chi connectivity index (χ4n) is 18.2. The molecule has 17 unspecified atom stereocenters. The van der Waals surface area contributed by atoms with Gasteiger partial charge in [-0.3, -0.25) is 16.0 Å². The molecule has 10 fully saturated rings. The zero-order valence-corrected chi connectivity index (χ0v) is 34.7. The van der Waals surface area contributed by atoms with Crippen molar-refractivity contribution in [3.63, 3.8) is 0 Å². The molecule has 0 bridgehead atoms. The number of hydrogen-bond donors (Lipinski definition) is 4. The molecule has 1 aliphatic heterocycles. The van der Waals surface area contributed by atoms with Crippen LogP contribution >= 0.6 is 0 Å². The second-order valence-electron chi connectivity index (χ2n) is 22.8. The fraction of sp³-hybridized carbons (Fsp3) is 1.00. The Bertz CT molecular complexity index is 1230. The zero-order valence-electron chi connectivity index (χ0n) is 34.7. The first-order valence-corrected chi connectivity index (χ1v) is 25.0. The number of nitrogens with one attached hydrogen (secondary N) is 4. The summed E-state index contributed by atoms with van der Waals surface area (Å²) in [6.45, 7) is 5.59. The van der Waals surface area contributed by atoms with Gasteiger partial charge in [-0.2, -0.15) is 0 Å². The van der Waals surface area contributed by atoms with E-state index in [2.05, 4.69) is 29.8 Å². The fourth-order valence-corrected chi connectivity index (χ4v) is 18.2. The molecular weight excluding hydrogens is 645 g/mol. The highest BCUT2D eigenvalue weighted by Gasteiger charge is 2.61. The molecule has 0 aromatic heterocycles. The smallest absolute Gasteiger partial charge is 0.0639 e. The van der Waals surface area contributed by atoms with Gasteiger partial charge in [0.2, 0.25) is 0 Å². The predicted molar refractivity (Wildman–Crippen MR) is 220 cm³/mol. The maximum atomic E-state index is 4.77. The average molecular weight is 729 g/mol. The first-order chi connectivity index (χ1) is 26.0. The number of hydrogen-bond acceptors (Lipinski definition) is 4. The molecule has 300 valence electrons. The van der Waals surface area contributed by atoms with E-state index in [1.54, 1.807) is 44.9 Å². The monoisotopic (exact) mass is 729 g/mol. The minimum absolute atomic E-state index is 0.458. The third kappa shape index (κ3) is 6.88. The molecule has 1 heterocycles. The van der Waals surface area contributed by atoms with Gasteiger partial charge in [-0.1, -0.05) is 104 Å². The van der Waals surface area contributed by atoms with Crippen LogP contribution in [0.4, 0.5) is 0 Å². The molecule has 0 aromatic rings. The largest absolute Gasteiger partial charge is 0.311 e. The van der Waals surface area contributed by atoms with Crippen molar-refractivity contribution >= 4 is 0 Å². The third-order valence-corrected chi connectivity index (χ3v) is 20.4. The van der Waals surface area contributed by atoms with Crippen molar-refractivity contribution < 1.29 is 0 Å². The summed E-state index contributed by atoms with van der Waals surface area (Å²) in [6, 6.07) is 1.44. The van der Waals surface area contributed by atoms with Crippen molar-refractivity contribution in [1.29, 1.82) is 0 Å². The van der Waals surface area contributed by atoms with Crippen LogP contribution in [-0.4, -0.2) is 30.6 Å². The first-order valence-electron chi connectivity index (χ1n) is 25.0. The standard InChI is InChI=1S/C49H84N4/c1-48-29-11-10-19-35(48)28-27-34(31-48)46-51-45(33-15-4-3-5-16-33)52-47(53-46)38-21-7-9-25-41(38)50-42-26-13-22-37-36-20-6-8-24-40(36)49(2)30-14-18-32-17-12-23-39(43(37)42)44(32)49/h32-47,50-53H,3-31H2,1-2H3. The maximum absolute atomic E-state index is 4.77. The lowest BCUT2D eigenvalue weighted by atomic mass is 9.48. The summed E-state index contributed by atoms with van der Waals surface area (Å²) < 4.78 is 0. The van der Waals surface area contributed by atoms with E-state index in [1.165, 1.54) is 141 Å². The molecule has 53 heavy (non-hydrogen) atoms. The summed E-state index contributed by atoms with van der Waals surface area (Å²) in [4.78, 5) is 0. The summed E-state index contributed by atoms with van der Waals surface area (Å²) in [7, 11) is 0. The van der Waals surface area contributed by atoms with Crippen LogP contribution in [0.2, 0.25) is 0 Å². The molecule has 10 rings (SSSR count). The van der Waals surface area contributed by atoms with Gasteiger partial charge in [0, 0.05) is 18.0 Å². The Hall–Kier alpha value is -0.160. The lowest BCUT2D eigenvalue weighted by Crippen LogP contribution is -2.74. The molecular formula is C49H84N4. The van der Waals surface area contributed by atoms with Gasteiger partial charge in [0.1, 0.15) is 0 Å². The van der Waals surface area contributed by atoms with Gasteiger partial charge in [0.15, 0.2) is 0 Å². The second kappa shape index (κ2) is 15.5. The molecule has 4 N–H and O–H groups in total. The summed E-state index contributed by atoms with van der Waals surface area (Å²) in [6.07, 6.45) is 44.7. The Labute approximate surface area is 326 Å². The third-order valence-electron chi connectivity index (χ3n) is 20.4. The van der Waals surface area contributed by atoms with Crippen LogP contribution in [0.3, 0.4) is 0 Å². The van der Waals surface area contributed by atoms with Crippen molar-refractivity contribution in [2.75, 3.05) is 0 Å². The van der Waals surface area contributed by atoms with Crippen LogP contribution in [0.5, 0.6) is 0 Å². The van der Waals surface area contributed by atoms with E-state index in [1.807, 2.05) is 0 Å². The van der Waals surface area contributed by atoms with Gasteiger partial charge >= 0.3 is 0 Å². The molecule has 0 amide bonds. The average Bonchev–Trinajstić information content (AvgIpc) is 3.30. The highest BCUT2D eigenvalue weighted by atomic mass is 15.4. The normalized spacial score (nSPS) is 53.7. The van der Waals surface area contributed by atoms with E-state index in [0.29, 0.717) is 41.3 Å². The van der Waals surface area contributed by atoms with Gasteiger partial charge in [0.25, 0.3) is 0 Å². The van der Waals surface area contributed by atoms with E-state index in [9.17, 15) is 0 Å². The molecule has 4 heteroatoms. The maximum Gasteiger partial charge on any atom is 0.0639 e. The van der Waals surface area contributed by atoms with E-state index < -0.39 is 0 Å². The predicted octanol–water partition coefficient (Wildman–Crippen LogP) is 11.3. The van der Waals surface area contributed by atoms with Crippen molar-refractivity contribution in [3.8, 4) is 0 Å². The zero-order chi connectivity index (χ0) is 35.6. The van der Waals surface area contributed by atoms with Crippen LogP contribution in [0.25, 0.3) is 0 Å². The van der Waals surface area contributed by atoms with Crippen LogP contribution in [0.15, 0.2) is 0 Å². The molecule has 0 spiro atoms. The van der Waals surface area contributed by atoms with Crippen molar-refractivity contribution in [2.24, 2.45) is 75.9 Å². The number of fused-ring (bicyclic) bond motifs is 6. The SMILES string of the molecule is CC12CCCCC1CCC(C1NC(C3CCCCC3)NC(C3CCCCC3NC3CCCC4C5CCCCC5C5(C)CCCC6CCCC(C34)C65)N1)C2. The quantitative estimate of drug-likeness (QED) is 0.228. The molecule has 17 atom stereocenters. The van der Waals surface area contributed by atoms with Crippen LogP contribution in [-0.2, 0) is 0 Å². The van der Waals surface area contributed by atoms with Gasteiger partial charge in [0.05, 0.1) is 18.5 Å². The summed E-state index contributed by atoms with van der Waals surface area (Å²) >= 11 is 0. The van der Waals surface area contributed by atoms with E-state index in [-0.39, 0.29) is 0 Å². The lowest BCUT2D eigenvalue weighted by molar-refractivity contribution is -0.0745. The molecule has 1 saturated heterocycles.